The van der Waals surface area contributed by atoms with Crippen molar-refractivity contribution in [2.24, 2.45) is 5.73 Å². The molecule has 0 spiro atoms. The van der Waals surface area contributed by atoms with Gasteiger partial charge >= 0.3 is 0 Å². The summed E-state index contributed by atoms with van der Waals surface area (Å²) in [6.07, 6.45) is 0. The Hall–Kier alpha value is -1.46. The smallest absolute Gasteiger partial charge is 0.146 e. The van der Waals surface area contributed by atoms with Gasteiger partial charge in [0.15, 0.2) is 0 Å². The van der Waals surface area contributed by atoms with Crippen molar-refractivity contribution in [1.29, 1.82) is 0 Å². The maximum Gasteiger partial charge on any atom is 0.146 e. The zero-order valence-electron chi connectivity index (χ0n) is 10.2. The van der Waals surface area contributed by atoms with Crippen LogP contribution >= 0.6 is 28.1 Å². The highest BCUT2D eigenvalue weighted by atomic mass is 79.9. The number of nitrogens with two attached hydrogens (primary N) is 1. The Labute approximate surface area is 125 Å². The molecule has 0 atom stereocenters. The minimum Gasteiger partial charge on any atom is -0.389 e. The van der Waals surface area contributed by atoms with Gasteiger partial charge in [-0.2, -0.15) is 0 Å². The normalized spacial score (nSPS) is 10.3. The lowest BCUT2D eigenvalue weighted by Gasteiger charge is -2.23. The van der Waals surface area contributed by atoms with Crippen LogP contribution in [0.25, 0.3) is 0 Å². The molecule has 2 nitrogen and oxygen atoms in total. The van der Waals surface area contributed by atoms with Gasteiger partial charge in [-0.3, -0.25) is 0 Å². The first kappa shape index (κ1) is 14.0. The molecule has 0 aliphatic heterocycles. The number of hydrogen-bond donors (Lipinski definition) is 1. The fourth-order valence-corrected chi connectivity index (χ4v) is 2.38. The predicted octanol–water partition coefficient (Wildman–Crippen LogP) is 3.99. The first-order chi connectivity index (χ1) is 9.00. The van der Waals surface area contributed by atoms with Crippen LogP contribution in [0.4, 0.5) is 15.8 Å². The molecule has 0 amide bonds. The molecule has 2 aromatic carbocycles. The van der Waals surface area contributed by atoms with Gasteiger partial charge in [-0.15, -0.1) is 0 Å². The van der Waals surface area contributed by atoms with E-state index in [1.807, 2.05) is 18.2 Å². The zero-order chi connectivity index (χ0) is 14.0. The Morgan fingerprint density at radius 1 is 1.21 bits per heavy atom. The molecule has 0 aromatic heterocycles. The highest BCUT2D eigenvalue weighted by molar-refractivity contribution is 9.10. The van der Waals surface area contributed by atoms with E-state index < -0.39 is 0 Å². The lowest BCUT2D eigenvalue weighted by atomic mass is 10.1. The maximum absolute atomic E-state index is 13.8. The fraction of sp³-hybridized carbons (Fsp3) is 0.0714. The van der Waals surface area contributed by atoms with Crippen molar-refractivity contribution in [2.45, 2.75) is 0 Å². The Bertz CT molecular complexity index is 631. The van der Waals surface area contributed by atoms with Crippen LogP contribution in [0, 0.1) is 5.82 Å². The van der Waals surface area contributed by atoms with Crippen LogP contribution in [0.2, 0.25) is 0 Å². The molecule has 0 radical (unpaired) electrons. The number of halogens is 2. The van der Waals surface area contributed by atoms with E-state index in [9.17, 15) is 4.39 Å². The highest BCUT2D eigenvalue weighted by Gasteiger charge is 2.14. The molecule has 0 aliphatic rings. The first-order valence-electron chi connectivity index (χ1n) is 5.58. The van der Waals surface area contributed by atoms with E-state index in [0.29, 0.717) is 11.3 Å². The molecular formula is C14H12BrFN2S. The minimum atomic E-state index is -0.290. The SMILES string of the molecule is CN(c1ccccc1F)c1ccc(Br)cc1C(N)=S. The van der Waals surface area contributed by atoms with Crippen molar-refractivity contribution >= 4 is 44.5 Å². The quantitative estimate of drug-likeness (QED) is 0.858. The predicted molar refractivity (Wildman–Crippen MR) is 84.5 cm³/mol. The van der Waals surface area contributed by atoms with E-state index in [4.69, 9.17) is 18.0 Å². The monoisotopic (exact) mass is 338 g/mol. The van der Waals surface area contributed by atoms with Gasteiger partial charge in [-0.1, -0.05) is 40.3 Å². The summed E-state index contributed by atoms with van der Waals surface area (Å²) < 4.78 is 14.7. The average Bonchev–Trinajstić information content (AvgIpc) is 2.38. The molecule has 2 aromatic rings. The van der Waals surface area contributed by atoms with Crippen molar-refractivity contribution in [2.75, 3.05) is 11.9 Å². The van der Waals surface area contributed by atoms with Gasteiger partial charge in [0.1, 0.15) is 10.8 Å². The summed E-state index contributed by atoms with van der Waals surface area (Å²) in [5.74, 6) is -0.290. The van der Waals surface area contributed by atoms with Crippen molar-refractivity contribution in [1.82, 2.24) is 0 Å². The van der Waals surface area contributed by atoms with Crippen LogP contribution < -0.4 is 10.6 Å². The van der Waals surface area contributed by atoms with Crippen LogP contribution in [0.3, 0.4) is 0 Å². The number of para-hydroxylation sites is 1. The second-order valence-electron chi connectivity index (χ2n) is 4.04. The molecule has 2 rings (SSSR count). The van der Waals surface area contributed by atoms with E-state index in [1.165, 1.54) is 6.07 Å². The van der Waals surface area contributed by atoms with E-state index in [2.05, 4.69) is 15.9 Å². The Kier molecular flexibility index (Phi) is 4.17. The summed E-state index contributed by atoms with van der Waals surface area (Å²) in [6, 6.07) is 12.1. The molecule has 0 saturated carbocycles. The van der Waals surface area contributed by atoms with E-state index in [0.717, 1.165) is 10.2 Å². The first-order valence-corrected chi connectivity index (χ1v) is 6.78. The summed E-state index contributed by atoms with van der Waals surface area (Å²) >= 11 is 8.42. The Balaban J connectivity index is 2.53. The maximum atomic E-state index is 13.8. The Morgan fingerprint density at radius 2 is 1.89 bits per heavy atom. The van der Waals surface area contributed by atoms with Gasteiger partial charge in [0, 0.05) is 17.1 Å². The fourth-order valence-electron chi connectivity index (χ4n) is 1.85. The van der Waals surface area contributed by atoms with Crippen molar-refractivity contribution in [3.63, 3.8) is 0 Å². The summed E-state index contributed by atoms with van der Waals surface area (Å²) in [4.78, 5) is 2.01. The highest BCUT2D eigenvalue weighted by Crippen LogP contribution is 2.30. The molecule has 98 valence electrons. The van der Waals surface area contributed by atoms with Crippen LogP contribution in [-0.4, -0.2) is 12.0 Å². The second kappa shape index (κ2) is 5.67. The van der Waals surface area contributed by atoms with Gasteiger partial charge in [-0.25, -0.2) is 4.39 Å². The number of nitrogens with zero attached hydrogens (tertiary/aromatic N) is 1. The zero-order valence-corrected chi connectivity index (χ0v) is 12.6. The lowest BCUT2D eigenvalue weighted by molar-refractivity contribution is 0.627. The average molecular weight is 339 g/mol. The van der Waals surface area contributed by atoms with Gasteiger partial charge in [0.2, 0.25) is 0 Å². The van der Waals surface area contributed by atoms with Crippen LogP contribution in [-0.2, 0) is 0 Å². The lowest BCUT2D eigenvalue weighted by Crippen LogP contribution is -2.18. The largest absolute Gasteiger partial charge is 0.389 e. The van der Waals surface area contributed by atoms with Crippen LogP contribution in [0.5, 0.6) is 0 Å². The van der Waals surface area contributed by atoms with Crippen molar-refractivity contribution in [3.8, 4) is 0 Å². The second-order valence-corrected chi connectivity index (χ2v) is 5.39. The molecule has 0 heterocycles. The van der Waals surface area contributed by atoms with Crippen LogP contribution in [0.1, 0.15) is 5.56 Å². The number of hydrogen-bond acceptors (Lipinski definition) is 2. The van der Waals surface area contributed by atoms with Gasteiger partial charge in [0.05, 0.1) is 11.4 Å². The molecule has 19 heavy (non-hydrogen) atoms. The standard InChI is InChI=1S/C14H12BrFN2S/c1-18(13-5-3-2-4-11(13)16)12-7-6-9(15)8-10(12)14(17)19/h2-8H,1H3,(H2,17,19). The van der Waals surface area contributed by atoms with E-state index in [-0.39, 0.29) is 10.8 Å². The van der Waals surface area contributed by atoms with E-state index >= 15 is 0 Å². The summed E-state index contributed by atoms with van der Waals surface area (Å²) in [5, 5.41) is 0. The molecule has 2 N–H and O–H groups in total. The third-order valence-electron chi connectivity index (χ3n) is 2.80. The minimum absolute atomic E-state index is 0.277. The molecule has 0 unspecified atom stereocenters. The Morgan fingerprint density at radius 3 is 2.53 bits per heavy atom. The van der Waals surface area contributed by atoms with Gasteiger partial charge in [-0.05, 0) is 30.3 Å². The number of benzene rings is 2. The number of rotatable bonds is 3. The molecule has 0 bridgehead atoms. The summed E-state index contributed by atoms with van der Waals surface area (Å²) in [7, 11) is 1.78. The molecule has 0 saturated heterocycles. The third kappa shape index (κ3) is 2.93. The topological polar surface area (TPSA) is 29.3 Å². The van der Waals surface area contributed by atoms with E-state index in [1.54, 1.807) is 30.1 Å². The number of thiocarbonyl (C=S) groups is 1. The molecule has 5 heteroatoms. The molecule has 0 aliphatic carbocycles. The van der Waals surface area contributed by atoms with Gasteiger partial charge in [0.25, 0.3) is 0 Å². The van der Waals surface area contributed by atoms with Crippen molar-refractivity contribution < 1.29 is 4.39 Å². The summed E-state index contributed by atoms with van der Waals surface area (Å²) in [5.41, 5.74) is 7.67. The van der Waals surface area contributed by atoms with Gasteiger partial charge < -0.3 is 10.6 Å². The molecule has 0 fully saturated rings. The number of anilines is 2. The third-order valence-corrected chi connectivity index (χ3v) is 3.51. The van der Waals surface area contributed by atoms with Crippen molar-refractivity contribution in [3.05, 3.63) is 58.3 Å². The van der Waals surface area contributed by atoms with Crippen LogP contribution in [0.15, 0.2) is 46.9 Å². The summed E-state index contributed by atoms with van der Waals surface area (Å²) in [6.45, 7) is 0. The molecular weight excluding hydrogens is 327 g/mol.